The summed E-state index contributed by atoms with van der Waals surface area (Å²) in [4.78, 5) is 0.310. The van der Waals surface area contributed by atoms with Crippen molar-refractivity contribution in [1.29, 1.82) is 0 Å². The third kappa shape index (κ3) is 5.18. The molecular weight excluding hydrogens is 406 g/mol. The van der Waals surface area contributed by atoms with Gasteiger partial charge in [0.05, 0.1) is 0 Å². The van der Waals surface area contributed by atoms with E-state index in [9.17, 15) is 13.9 Å². The van der Waals surface area contributed by atoms with Crippen LogP contribution in [-0.2, 0) is 0 Å². The molecule has 0 fully saturated rings. The Balaban J connectivity index is 2.04. The molecule has 0 aliphatic carbocycles. The molecule has 0 saturated carbocycles. The zero-order chi connectivity index (χ0) is 21.7. The quantitative estimate of drug-likeness (QED) is 0.235. The van der Waals surface area contributed by atoms with Gasteiger partial charge < -0.3 is 15.2 Å². The minimum Gasteiger partial charge on any atom is -0.502 e. The van der Waals surface area contributed by atoms with Crippen LogP contribution in [0, 0.1) is 13.8 Å². The third-order valence-electron chi connectivity index (χ3n) is 4.39. The molecule has 0 bridgehead atoms. The molecule has 0 aliphatic rings. The van der Waals surface area contributed by atoms with E-state index in [1.54, 1.807) is 10.8 Å². The second-order valence-electron chi connectivity index (χ2n) is 6.66. The smallest absolute Gasteiger partial charge is 0.387 e. The van der Waals surface area contributed by atoms with Crippen molar-refractivity contribution in [2.24, 2.45) is 0 Å². The van der Waals surface area contributed by atoms with Crippen LogP contribution in [0.1, 0.15) is 16.7 Å². The first-order chi connectivity index (χ1) is 14.3. The Hall–Kier alpha value is -3.32. The van der Waals surface area contributed by atoms with E-state index in [0.717, 1.165) is 16.8 Å². The molecule has 2 aromatic carbocycles. The number of para-hydroxylation sites is 1. The van der Waals surface area contributed by atoms with E-state index in [-0.39, 0.29) is 11.5 Å². The lowest BCUT2D eigenvalue weighted by molar-refractivity contribution is -0.576. The number of nitrogens with zero attached hydrogens (tertiary/aromatic N) is 1. The maximum Gasteiger partial charge on any atom is 0.387 e. The number of aliphatic hydroxyl groups excluding tert-OH is 1. The number of pyridine rings is 1. The van der Waals surface area contributed by atoms with Crippen LogP contribution in [0.25, 0.3) is 11.5 Å². The Labute approximate surface area is 179 Å². The van der Waals surface area contributed by atoms with Gasteiger partial charge in [-0.15, -0.1) is 0 Å². The zero-order valence-corrected chi connectivity index (χ0v) is 17.3. The van der Waals surface area contributed by atoms with Crippen molar-refractivity contribution >= 4 is 34.3 Å². The van der Waals surface area contributed by atoms with E-state index in [1.807, 2.05) is 56.4 Å². The first-order valence-corrected chi connectivity index (χ1v) is 9.59. The summed E-state index contributed by atoms with van der Waals surface area (Å²) in [5.74, 6) is -0.0906. The standard InChI is InChI=1S/C23H20F2N2O2S/c1-15-6-5-13-27(14-15)20(22(30)26-19-8-4-3-7-16(19)2)21(28)17-9-11-18(12-10-17)29-23(24)25/h3-14,23H,1-2H3,(H-,26,28,30)/p+1. The predicted molar refractivity (Wildman–Crippen MR) is 118 cm³/mol. The van der Waals surface area contributed by atoms with Gasteiger partial charge in [0.2, 0.25) is 0 Å². The average Bonchev–Trinajstić information content (AvgIpc) is 2.70. The molecule has 0 unspecified atom stereocenters. The van der Waals surface area contributed by atoms with E-state index in [2.05, 4.69) is 10.1 Å². The zero-order valence-electron chi connectivity index (χ0n) is 16.5. The van der Waals surface area contributed by atoms with Gasteiger partial charge in [-0.2, -0.15) is 13.3 Å². The Morgan fingerprint density at radius 3 is 2.37 bits per heavy atom. The molecule has 1 aromatic heterocycles. The van der Waals surface area contributed by atoms with Crippen molar-refractivity contribution in [3.63, 3.8) is 0 Å². The number of hydrogen-bond acceptors (Lipinski definition) is 3. The lowest BCUT2D eigenvalue weighted by atomic mass is 10.1. The topological polar surface area (TPSA) is 45.4 Å². The molecule has 2 N–H and O–H groups in total. The normalized spacial score (nSPS) is 11.8. The second kappa shape index (κ2) is 9.45. The van der Waals surface area contributed by atoms with Gasteiger partial charge in [-0.25, -0.2) is 0 Å². The van der Waals surface area contributed by atoms with Gasteiger partial charge in [-0.3, -0.25) is 0 Å². The fraction of sp³-hybridized carbons (Fsp3) is 0.130. The van der Waals surface area contributed by atoms with Crippen LogP contribution >= 0.6 is 12.2 Å². The number of rotatable bonds is 6. The van der Waals surface area contributed by atoms with Crippen LogP contribution in [0.15, 0.2) is 73.1 Å². The monoisotopic (exact) mass is 427 g/mol. The molecule has 1 heterocycles. The highest BCUT2D eigenvalue weighted by atomic mass is 32.1. The van der Waals surface area contributed by atoms with Gasteiger partial charge in [-0.1, -0.05) is 30.4 Å². The van der Waals surface area contributed by atoms with E-state index in [1.165, 1.54) is 24.3 Å². The first-order valence-electron chi connectivity index (χ1n) is 9.19. The summed E-state index contributed by atoms with van der Waals surface area (Å²) in [6.45, 7) is 0.971. The Bertz CT molecular complexity index is 1080. The van der Waals surface area contributed by atoms with Gasteiger partial charge in [0.1, 0.15) is 5.75 Å². The van der Waals surface area contributed by atoms with E-state index in [4.69, 9.17) is 12.2 Å². The summed E-state index contributed by atoms with van der Waals surface area (Å²) >= 11 is 5.63. The van der Waals surface area contributed by atoms with Crippen LogP contribution in [0.2, 0.25) is 0 Å². The molecule has 0 atom stereocenters. The number of aliphatic hydroxyl groups is 1. The number of halogens is 2. The van der Waals surface area contributed by atoms with Crippen molar-refractivity contribution in [1.82, 2.24) is 0 Å². The van der Waals surface area contributed by atoms with Crippen LogP contribution in [0.5, 0.6) is 5.75 Å². The van der Waals surface area contributed by atoms with Crippen molar-refractivity contribution in [2.75, 3.05) is 5.32 Å². The number of aryl methyl sites for hydroxylation is 2. The SMILES string of the molecule is Cc1ccc[n+](/C(C(=S)Nc2ccccc2C)=C(\O)c2ccc(OC(F)F)cc2)c1. The third-order valence-corrected chi connectivity index (χ3v) is 4.69. The molecule has 0 saturated heterocycles. The fourth-order valence-electron chi connectivity index (χ4n) is 2.90. The summed E-state index contributed by atoms with van der Waals surface area (Å²) in [6.07, 6.45) is 3.62. The van der Waals surface area contributed by atoms with E-state index >= 15 is 0 Å². The number of alkyl halides is 2. The molecule has 0 amide bonds. The lowest BCUT2D eigenvalue weighted by Crippen LogP contribution is -2.38. The molecule has 3 rings (SSSR count). The summed E-state index contributed by atoms with van der Waals surface area (Å²) in [7, 11) is 0. The maximum atomic E-state index is 12.4. The highest BCUT2D eigenvalue weighted by Gasteiger charge is 2.24. The van der Waals surface area contributed by atoms with Crippen LogP contribution < -0.4 is 14.6 Å². The Morgan fingerprint density at radius 1 is 1.03 bits per heavy atom. The van der Waals surface area contributed by atoms with Gasteiger partial charge in [0, 0.05) is 22.9 Å². The molecule has 30 heavy (non-hydrogen) atoms. The van der Waals surface area contributed by atoms with E-state index in [0.29, 0.717) is 16.2 Å². The number of benzene rings is 2. The lowest BCUT2D eigenvalue weighted by Gasteiger charge is -2.12. The predicted octanol–water partition coefficient (Wildman–Crippen LogP) is 5.52. The van der Waals surface area contributed by atoms with Crippen molar-refractivity contribution < 1.29 is 23.2 Å². The van der Waals surface area contributed by atoms with Gasteiger partial charge in [0.25, 0.3) is 5.70 Å². The highest BCUT2D eigenvalue weighted by Crippen LogP contribution is 2.23. The number of ether oxygens (including phenoxy) is 1. The molecule has 0 aliphatic heterocycles. The summed E-state index contributed by atoms with van der Waals surface area (Å²) in [5.41, 5.74) is 3.57. The summed E-state index contributed by atoms with van der Waals surface area (Å²) < 4.78 is 30.9. The van der Waals surface area contributed by atoms with Crippen molar-refractivity contribution in [3.05, 3.63) is 89.7 Å². The number of aromatic nitrogens is 1. The molecule has 7 heteroatoms. The second-order valence-corrected chi connectivity index (χ2v) is 7.07. The van der Waals surface area contributed by atoms with Gasteiger partial charge in [-0.05, 0) is 55.8 Å². The number of nitrogens with one attached hydrogen (secondary N) is 1. The summed E-state index contributed by atoms with van der Waals surface area (Å²) in [6, 6.07) is 17.2. The largest absolute Gasteiger partial charge is 0.502 e. The van der Waals surface area contributed by atoms with Crippen molar-refractivity contribution in [3.8, 4) is 5.75 Å². The highest BCUT2D eigenvalue weighted by molar-refractivity contribution is 7.81. The molecule has 4 nitrogen and oxygen atoms in total. The average molecular weight is 427 g/mol. The molecule has 3 aromatic rings. The first kappa shape index (κ1) is 21.4. The van der Waals surface area contributed by atoms with E-state index < -0.39 is 6.61 Å². The Kier molecular flexibility index (Phi) is 6.74. The van der Waals surface area contributed by atoms with Crippen LogP contribution in [0.4, 0.5) is 14.5 Å². The van der Waals surface area contributed by atoms with Crippen molar-refractivity contribution in [2.45, 2.75) is 20.5 Å². The molecule has 0 radical (unpaired) electrons. The number of anilines is 1. The molecular formula is C23H21F2N2O2S+. The van der Waals surface area contributed by atoms with Gasteiger partial charge >= 0.3 is 6.61 Å². The minimum absolute atomic E-state index is 0.00641. The molecule has 0 spiro atoms. The minimum atomic E-state index is -2.91. The van der Waals surface area contributed by atoms with Crippen LogP contribution in [0.3, 0.4) is 0 Å². The molecule has 154 valence electrons. The fourth-order valence-corrected chi connectivity index (χ4v) is 3.22. The maximum absolute atomic E-state index is 12.4. The number of hydrogen-bond donors (Lipinski definition) is 2. The van der Waals surface area contributed by atoms with Crippen LogP contribution in [-0.4, -0.2) is 16.7 Å². The Morgan fingerprint density at radius 2 is 1.73 bits per heavy atom. The summed E-state index contributed by atoms with van der Waals surface area (Å²) in [5, 5.41) is 14.2. The number of thiocarbonyl (C=S) groups is 1. The van der Waals surface area contributed by atoms with Gasteiger partial charge in [0.15, 0.2) is 23.1 Å².